The molecule has 1 amide bonds. The van der Waals surface area contributed by atoms with E-state index in [1.165, 1.54) is 30.9 Å². The van der Waals surface area contributed by atoms with Gasteiger partial charge in [0.15, 0.2) is 5.13 Å². The average molecular weight is 632 g/mol. The zero-order valence-electron chi connectivity index (χ0n) is 23.6. The minimum absolute atomic E-state index is 0. The van der Waals surface area contributed by atoms with Gasteiger partial charge in [-0.1, -0.05) is 23.5 Å². The van der Waals surface area contributed by atoms with Gasteiger partial charge in [-0.2, -0.15) is 0 Å². The molecule has 42 heavy (non-hydrogen) atoms. The quantitative estimate of drug-likeness (QED) is 0.265. The van der Waals surface area contributed by atoms with E-state index in [0.717, 1.165) is 53.8 Å². The van der Waals surface area contributed by atoms with Gasteiger partial charge in [-0.05, 0) is 61.0 Å². The Labute approximate surface area is 256 Å². The van der Waals surface area contributed by atoms with Crippen LogP contribution in [0.15, 0.2) is 65.6 Å². The van der Waals surface area contributed by atoms with E-state index >= 15 is 0 Å². The molecule has 1 aliphatic rings. The van der Waals surface area contributed by atoms with Crippen molar-refractivity contribution in [2.75, 3.05) is 63.1 Å². The zero-order valence-corrected chi connectivity index (χ0v) is 26.1. The van der Waals surface area contributed by atoms with Gasteiger partial charge in [0.1, 0.15) is 17.0 Å². The van der Waals surface area contributed by atoms with E-state index in [0.29, 0.717) is 23.5 Å². The molecule has 13 heteroatoms. The monoisotopic (exact) mass is 631 g/mol. The van der Waals surface area contributed by atoms with Gasteiger partial charge in [-0.3, -0.25) is 14.4 Å². The van der Waals surface area contributed by atoms with Crippen LogP contribution in [-0.2, 0) is 10.0 Å². The zero-order chi connectivity index (χ0) is 29.0. The van der Waals surface area contributed by atoms with Gasteiger partial charge in [0.2, 0.25) is 0 Å². The van der Waals surface area contributed by atoms with Crippen molar-refractivity contribution in [1.82, 2.24) is 15.2 Å². The van der Waals surface area contributed by atoms with Crippen molar-refractivity contribution in [3.63, 3.8) is 0 Å². The van der Waals surface area contributed by atoms with Crippen LogP contribution < -0.4 is 24.4 Å². The van der Waals surface area contributed by atoms with Crippen molar-refractivity contribution in [2.24, 2.45) is 0 Å². The first-order valence-electron chi connectivity index (χ1n) is 13.2. The number of hydrogen-bond donors (Lipinski definition) is 2. The standard InChI is InChI=1S/C29H33N5O5S2.ClH/c1-20-7-12-25(39-3)26-27(20)40-29(31-26)34-17-15-33(16-18-34)14-13-30-28(35)21-5-4-6-22(19-21)32-41(36,37)24-10-8-23(38-2)9-11-24;/h4-12,19,32H,13-18H2,1-3H3,(H,30,35);1H. The van der Waals surface area contributed by atoms with Gasteiger partial charge in [-0.15, -0.1) is 12.4 Å². The summed E-state index contributed by atoms with van der Waals surface area (Å²) >= 11 is 1.70. The summed E-state index contributed by atoms with van der Waals surface area (Å²) in [5, 5.41) is 3.95. The number of ether oxygens (including phenoxy) is 2. The molecule has 1 saturated heterocycles. The van der Waals surface area contributed by atoms with Crippen molar-refractivity contribution in [3.05, 3.63) is 71.8 Å². The molecule has 0 saturated carbocycles. The molecule has 2 heterocycles. The Bertz CT molecular complexity index is 1640. The number of nitrogens with one attached hydrogen (secondary N) is 2. The number of benzene rings is 3. The number of nitrogens with zero attached hydrogens (tertiary/aromatic N) is 3. The first-order chi connectivity index (χ1) is 19.8. The Hall–Kier alpha value is -3.58. The van der Waals surface area contributed by atoms with Crippen molar-refractivity contribution in [3.8, 4) is 11.5 Å². The third-order valence-corrected chi connectivity index (χ3v) is 9.66. The highest BCUT2D eigenvalue weighted by atomic mass is 35.5. The van der Waals surface area contributed by atoms with Crippen molar-refractivity contribution in [2.45, 2.75) is 11.8 Å². The summed E-state index contributed by atoms with van der Waals surface area (Å²) in [5.74, 6) is 1.10. The fourth-order valence-corrected chi connectivity index (χ4v) is 6.84. The molecular formula is C29H34ClN5O5S2. The van der Waals surface area contributed by atoms with E-state index in [-0.39, 0.29) is 23.2 Å². The molecule has 1 aromatic heterocycles. The van der Waals surface area contributed by atoms with Crippen molar-refractivity contribution >= 4 is 60.7 Å². The van der Waals surface area contributed by atoms with Crippen LogP contribution in [0, 0.1) is 6.92 Å². The Balaban J connectivity index is 0.00000405. The van der Waals surface area contributed by atoms with Crippen LogP contribution in [0.25, 0.3) is 10.2 Å². The molecule has 0 unspecified atom stereocenters. The number of aromatic nitrogens is 1. The number of aryl methyl sites for hydroxylation is 1. The summed E-state index contributed by atoms with van der Waals surface area (Å²) in [7, 11) is -0.623. The van der Waals surface area contributed by atoms with Crippen molar-refractivity contribution in [1.29, 1.82) is 0 Å². The third-order valence-electron chi connectivity index (χ3n) is 7.02. The maximum absolute atomic E-state index is 12.8. The molecule has 0 atom stereocenters. The minimum atomic E-state index is -3.81. The van der Waals surface area contributed by atoms with Gasteiger partial charge in [0, 0.05) is 50.5 Å². The lowest BCUT2D eigenvalue weighted by Crippen LogP contribution is -2.48. The number of anilines is 2. The molecule has 0 aliphatic carbocycles. The van der Waals surface area contributed by atoms with Crippen LogP contribution in [0.4, 0.5) is 10.8 Å². The van der Waals surface area contributed by atoms with Gasteiger partial charge >= 0.3 is 0 Å². The molecule has 1 fully saturated rings. The molecule has 0 radical (unpaired) electrons. The number of carbonyl (C=O) groups excluding carboxylic acids is 1. The summed E-state index contributed by atoms with van der Waals surface area (Å²) in [6.45, 7) is 6.73. The van der Waals surface area contributed by atoms with Gasteiger partial charge in [-0.25, -0.2) is 13.4 Å². The largest absolute Gasteiger partial charge is 0.497 e. The maximum atomic E-state index is 12.8. The van der Waals surface area contributed by atoms with Gasteiger partial charge in [0.05, 0.1) is 23.8 Å². The first-order valence-corrected chi connectivity index (χ1v) is 15.5. The summed E-state index contributed by atoms with van der Waals surface area (Å²) in [6.07, 6.45) is 0. The predicted octanol–water partition coefficient (Wildman–Crippen LogP) is 4.40. The number of halogens is 1. The second-order valence-electron chi connectivity index (χ2n) is 9.71. The topological polar surface area (TPSA) is 113 Å². The maximum Gasteiger partial charge on any atom is 0.261 e. The Morgan fingerprint density at radius 1 is 1.00 bits per heavy atom. The Kier molecular flexibility index (Phi) is 10.2. The summed E-state index contributed by atoms with van der Waals surface area (Å²) in [6, 6.07) is 16.6. The van der Waals surface area contributed by atoms with E-state index in [4.69, 9.17) is 14.5 Å². The van der Waals surface area contributed by atoms with E-state index in [2.05, 4.69) is 32.8 Å². The lowest BCUT2D eigenvalue weighted by atomic mass is 10.2. The smallest absolute Gasteiger partial charge is 0.261 e. The van der Waals surface area contributed by atoms with E-state index in [1.54, 1.807) is 48.8 Å². The molecule has 1 aliphatic heterocycles. The van der Waals surface area contributed by atoms with Crippen LogP contribution in [0.3, 0.4) is 0 Å². The van der Waals surface area contributed by atoms with E-state index in [9.17, 15) is 13.2 Å². The fraction of sp³-hybridized carbons (Fsp3) is 0.310. The van der Waals surface area contributed by atoms with Crippen LogP contribution >= 0.6 is 23.7 Å². The number of fused-ring (bicyclic) bond motifs is 1. The molecule has 224 valence electrons. The summed E-state index contributed by atoms with van der Waals surface area (Å²) < 4.78 is 39.8. The lowest BCUT2D eigenvalue weighted by molar-refractivity contribution is 0.0947. The Morgan fingerprint density at radius 2 is 1.74 bits per heavy atom. The molecule has 0 spiro atoms. The molecule has 2 N–H and O–H groups in total. The number of methoxy groups -OCH3 is 2. The van der Waals surface area contributed by atoms with Gasteiger partial charge < -0.3 is 19.7 Å². The normalized spacial score (nSPS) is 13.8. The Morgan fingerprint density at radius 3 is 2.43 bits per heavy atom. The molecule has 3 aromatic carbocycles. The molecule has 4 aromatic rings. The molecule has 10 nitrogen and oxygen atoms in total. The highest BCUT2D eigenvalue weighted by molar-refractivity contribution is 7.92. The molecule has 0 bridgehead atoms. The number of sulfonamides is 1. The lowest BCUT2D eigenvalue weighted by Gasteiger charge is -2.34. The second-order valence-corrected chi connectivity index (χ2v) is 12.4. The first kappa shape index (κ1) is 31.4. The van der Waals surface area contributed by atoms with Crippen LogP contribution in [0.2, 0.25) is 0 Å². The summed E-state index contributed by atoms with van der Waals surface area (Å²) in [5.41, 5.74) is 2.80. The van der Waals surface area contributed by atoms with Crippen LogP contribution in [0.5, 0.6) is 11.5 Å². The van der Waals surface area contributed by atoms with Gasteiger partial charge in [0.25, 0.3) is 15.9 Å². The number of hydrogen-bond acceptors (Lipinski definition) is 9. The SMILES string of the molecule is COc1ccc(S(=O)(=O)Nc2cccc(C(=O)NCCN3CCN(c4nc5c(OC)ccc(C)c5s4)CC3)c2)cc1.Cl. The van der Waals surface area contributed by atoms with Crippen LogP contribution in [-0.4, -0.2) is 77.7 Å². The number of rotatable bonds is 10. The van der Waals surface area contributed by atoms with Crippen LogP contribution in [0.1, 0.15) is 15.9 Å². The average Bonchev–Trinajstić information content (AvgIpc) is 3.44. The molecular weight excluding hydrogens is 598 g/mol. The number of carbonyl (C=O) groups is 1. The molecule has 5 rings (SSSR count). The number of amides is 1. The minimum Gasteiger partial charge on any atom is -0.497 e. The number of thiazole rings is 1. The fourth-order valence-electron chi connectivity index (χ4n) is 4.68. The van der Waals surface area contributed by atoms with E-state index < -0.39 is 10.0 Å². The second kappa shape index (κ2) is 13.6. The van der Waals surface area contributed by atoms with E-state index in [1.807, 2.05) is 6.07 Å². The predicted molar refractivity (Wildman–Crippen MR) is 169 cm³/mol. The third kappa shape index (κ3) is 7.06. The highest BCUT2D eigenvalue weighted by Crippen LogP contribution is 2.36. The highest BCUT2D eigenvalue weighted by Gasteiger charge is 2.21. The summed E-state index contributed by atoms with van der Waals surface area (Å²) in [4.78, 5) is 22.4. The van der Waals surface area contributed by atoms with Crippen molar-refractivity contribution < 1.29 is 22.7 Å². The number of piperazine rings is 1.